The highest BCUT2D eigenvalue weighted by Gasteiger charge is 2.40. The number of aromatic nitrogens is 1. The fourth-order valence-corrected chi connectivity index (χ4v) is 4.93. The lowest BCUT2D eigenvalue weighted by Gasteiger charge is -2.43. The molecule has 1 aromatic heterocycles. The molecule has 23 heavy (non-hydrogen) atoms. The van der Waals surface area contributed by atoms with Crippen molar-refractivity contribution in [1.29, 1.82) is 5.26 Å². The summed E-state index contributed by atoms with van der Waals surface area (Å²) in [7, 11) is 0. The van der Waals surface area contributed by atoms with Crippen molar-refractivity contribution in [2.45, 2.75) is 45.1 Å². The molecule has 0 atom stereocenters. The predicted molar refractivity (Wildman–Crippen MR) is 97.0 cm³/mol. The number of thioether (sulfide) groups is 1. The van der Waals surface area contributed by atoms with Gasteiger partial charge in [0.05, 0.1) is 5.56 Å². The molecule has 4 nitrogen and oxygen atoms in total. The number of aryl methyl sites for hydroxylation is 2. The van der Waals surface area contributed by atoms with E-state index in [9.17, 15) is 5.26 Å². The Labute approximate surface area is 143 Å². The van der Waals surface area contributed by atoms with Crippen LogP contribution in [0.2, 0.25) is 0 Å². The van der Waals surface area contributed by atoms with Gasteiger partial charge in [0.2, 0.25) is 0 Å². The summed E-state index contributed by atoms with van der Waals surface area (Å²) in [5.41, 5.74) is 2.93. The van der Waals surface area contributed by atoms with E-state index in [0.29, 0.717) is 5.56 Å². The zero-order chi connectivity index (χ0) is 16.3. The predicted octanol–water partition coefficient (Wildman–Crippen LogP) is 3.34. The lowest BCUT2D eigenvalue weighted by atomic mass is 9.94. The van der Waals surface area contributed by atoms with Gasteiger partial charge in [-0.1, -0.05) is 12.8 Å². The number of nitrogens with zero attached hydrogens (tertiary/aromatic N) is 3. The highest BCUT2D eigenvalue weighted by molar-refractivity contribution is 7.99. The number of hydrogen-bond donors (Lipinski definition) is 1. The third-order valence-corrected chi connectivity index (χ3v) is 6.20. The third kappa shape index (κ3) is 3.49. The highest BCUT2D eigenvalue weighted by atomic mass is 32.2. The van der Waals surface area contributed by atoms with E-state index >= 15 is 0 Å². The van der Waals surface area contributed by atoms with Gasteiger partial charge in [0, 0.05) is 42.4 Å². The van der Waals surface area contributed by atoms with Crippen molar-refractivity contribution in [3.8, 4) is 6.07 Å². The Hall–Kier alpha value is -1.25. The molecule has 0 amide bonds. The van der Waals surface area contributed by atoms with Crippen molar-refractivity contribution in [3.05, 3.63) is 22.9 Å². The van der Waals surface area contributed by atoms with Crippen molar-refractivity contribution in [2.24, 2.45) is 0 Å². The summed E-state index contributed by atoms with van der Waals surface area (Å²) in [5.74, 6) is 3.25. The fourth-order valence-electron chi connectivity index (χ4n) is 4.03. The average Bonchev–Trinajstić information content (AvgIpc) is 3.03. The molecule has 0 spiro atoms. The molecule has 1 aliphatic heterocycles. The molecule has 2 heterocycles. The molecule has 2 fully saturated rings. The molecular weight excluding hydrogens is 304 g/mol. The number of rotatable bonds is 4. The van der Waals surface area contributed by atoms with E-state index in [1.807, 2.05) is 19.9 Å². The van der Waals surface area contributed by atoms with Crippen molar-refractivity contribution in [2.75, 3.05) is 36.5 Å². The van der Waals surface area contributed by atoms with E-state index in [2.05, 4.69) is 33.0 Å². The average molecular weight is 331 g/mol. The topological polar surface area (TPSA) is 52.0 Å². The van der Waals surface area contributed by atoms with E-state index in [1.54, 1.807) is 0 Å². The molecule has 1 aliphatic carbocycles. The Morgan fingerprint density at radius 2 is 2.00 bits per heavy atom. The van der Waals surface area contributed by atoms with Crippen molar-refractivity contribution >= 4 is 17.6 Å². The summed E-state index contributed by atoms with van der Waals surface area (Å²) in [6.07, 6.45) is 5.15. The Morgan fingerprint density at radius 3 is 2.65 bits per heavy atom. The van der Waals surface area contributed by atoms with E-state index in [0.717, 1.165) is 23.6 Å². The smallest absolute Gasteiger partial charge is 0.144 e. The molecule has 5 heteroatoms. The second kappa shape index (κ2) is 7.11. The lowest BCUT2D eigenvalue weighted by Crippen LogP contribution is -2.54. The molecule has 1 N–H and O–H groups in total. The van der Waals surface area contributed by atoms with Crippen LogP contribution in [-0.4, -0.2) is 46.6 Å². The maximum atomic E-state index is 9.45. The van der Waals surface area contributed by atoms with Crippen LogP contribution in [0.5, 0.6) is 0 Å². The minimum Gasteiger partial charge on any atom is -0.367 e. The van der Waals surface area contributed by atoms with Crippen LogP contribution in [0.3, 0.4) is 0 Å². The van der Waals surface area contributed by atoms with Crippen LogP contribution in [0.15, 0.2) is 6.07 Å². The van der Waals surface area contributed by atoms with Gasteiger partial charge in [-0.2, -0.15) is 17.0 Å². The minimum atomic E-state index is 0.257. The van der Waals surface area contributed by atoms with Gasteiger partial charge < -0.3 is 5.32 Å². The van der Waals surface area contributed by atoms with E-state index in [4.69, 9.17) is 0 Å². The Bertz CT molecular complexity index is 596. The summed E-state index contributed by atoms with van der Waals surface area (Å²) in [6, 6.07) is 4.30. The molecule has 0 unspecified atom stereocenters. The first-order valence-corrected chi connectivity index (χ1v) is 9.75. The van der Waals surface area contributed by atoms with Crippen LogP contribution < -0.4 is 5.32 Å². The summed E-state index contributed by atoms with van der Waals surface area (Å²) in [5, 5.41) is 13.0. The standard InChI is InChI=1S/C18H26N4S/c1-14-11-15(2)21-17(16(14)12-19)20-13-18(5-3-4-6-18)22-7-9-23-10-8-22/h11H,3-10,13H2,1-2H3,(H,20,21). The normalized spacial score (nSPS) is 21.1. The summed E-state index contributed by atoms with van der Waals surface area (Å²) < 4.78 is 0. The third-order valence-electron chi connectivity index (χ3n) is 5.26. The molecule has 1 saturated heterocycles. The molecule has 124 valence electrons. The van der Waals surface area contributed by atoms with Gasteiger partial charge in [-0.25, -0.2) is 4.98 Å². The molecule has 2 aliphatic rings. The van der Waals surface area contributed by atoms with Crippen LogP contribution in [-0.2, 0) is 0 Å². The van der Waals surface area contributed by atoms with E-state index in [1.165, 1.54) is 50.3 Å². The number of hydrogen-bond acceptors (Lipinski definition) is 5. The summed E-state index contributed by atoms with van der Waals surface area (Å²) in [6.45, 7) is 7.27. The van der Waals surface area contributed by atoms with Crippen molar-refractivity contribution in [1.82, 2.24) is 9.88 Å². The Morgan fingerprint density at radius 1 is 1.30 bits per heavy atom. The highest BCUT2D eigenvalue weighted by Crippen LogP contribution is 2.37. The number of nitrogens with one attached hydrogen (secondary N) is 1. The van der Waals surface area contributed by atoms with Gasteiger partial charge >= 0.3 is 0 Å². The van der Waals surface area contributed by atoms with Gasteiger partial charge in [-0.3, -0.25) is 4.90 Å². The van der Waals surface area contributed by atoms with Crippen LogP contribution >= 0.6 is 11.8 Å². The molecule has 0 radical (unpaired) electrons. The van der Waals surface area contributed by atoms with Crippen LogP contribution in [0.1, 0.15) is 42.5 Å². The first-order chi connectivity index (χ1) is 11.1. The number of anilines is 1. The molecular formula is C18H26N4S. The molecule has 0 bridgehead atoms. The van der Waals surface area contributed by atoms with Crippen LogP contribution in [0, 0.1) is 25.2 Å². The Balaban J connectivity index is 1.79. The first-order valence-electron chi connectivity index (χ1n) is 8.60. The summed E-state index contributed by atoms with van der Waals surface area (Å²) >= 11 is 2.06. The maximum absolute atomic E-state index is 9.45. The fraction of sp³-hybridized carbons (Fsp3) is 0.667. The first kappa shape index (κ1) is 16.6. The summed E-state index contributed by atoms with van der Waals surface area (Å²) in [4.78, 5) is 7.28. The van der Waals surface area contributed by atoms with Gasteiger partial charge in [0.25, 0.3) is 0 Å². The zero-order valence-electron chi connectivity index (χ0n) is 14.2. The van der Waals surface area contributed by atoms with E-state index in [-0.39, 0.29) is 5.54 Å². The minimum absolute atomic E-state index is 0.257. The monoisotopic (exact) mass is 330 g/mol. The quantitative estimate of drug-likeness (QED) is 0.917. The second-order valence-corrected chi connectivity index (χ2v) is 8.03. The van der Waals surface area contributed by atoms with Crippen molar-refractivity contribution in [3.63, 3.8) is 0 Å². The van der Waals surface area contributed by atoms with Crippen LogP contribution in [0.25, 0.3) is 0 Å². The Kier molecular flexibility index (Phi) is 5.13. The zero-order valence-corrected chi connectivity index (χ0v) is 15.0. The second-order valence-electron chi connectivity index (χ2n) is 6.80. The van der Waals surface area contributed by atoms with E-state index < -0.39 is 0 Å². The molecule has 1 saturated carbocycles. The molecule has 3 rings (SSSR count). The van der Waals surface area contributed by atoms with Gasteiger partial charge in [0.15, 0.2) is 0 Å². The lowest BCUT2D eigenvalue weighted by molar-refractivity contribution is 0.116. The SMILES string of the molecule is Cc1cc(C)c(C#N)c(NCC2(N3CCSCC3)CCCC2)n1. The molecule has 1 aromatic rings. The van der Waals surface area contributed by atoms with Crippen LogP contribution in [0.4, 0.5) is 5.82 Å². The molecule has 0 aromatic carbocycles. The number of nitriles is 1. The van der Waals surface area contributed by atoms with Gasteiger partial charge in [-0.05, 0) is 38.3 Å². The maximum Gasteiger partial charge on any atom is 0.144 e. The van der Waals surface area contributed by atoms with Crippen molar-refractivity contribution < 1.29 is 0 Å². The largest absolute Gasteiger partial charge is 0.367 e. The number of pyridine rings is 1. The van der Waals surface area contributed by atoms with Gasteiger partial charge in [0.1, 0.15) is 11.9 Å². The van der Waals surface area contributed by atoms with Gasteiger partial charge in [-0.15, -0.1) is 0 Å².